The van der Waals surface area contributed by atoms with Crippen molar-refractivity contribution < 1.29 is 9.15 Å². The largest absolute Gasteiger partial charge is 0.484 e. The van der Waals surface area contributed by atoms with Crippen molar-refractivity contribution >= 4 is 0 Å². The Morgan fingerprint density at radius 2 is 2.32 bits per heavy atom. The summed E-state index contributed by atoms with van der Waals surface area (Å²) in [6, 6.07) is 6.23. The molecule has 1 heterocycles. The van der Waals surface area contributed by atoms with E-state index in [9.17, 15) is 0 Å². The molecule has 0 amide bonds. The van der Waals surface area contributed by atoms with Gasteiger partial charge in [-0.3, -0.25) is 0 Å². The molecule has 0 radical (unpaired) electrons. The maximum absolute atomic E-state index is 6.13. The molecular weight excluding hydrogens is 242 g/mol. The van der Waals surface area contributed by atoms with Gasteiger partial charge < -0.3 is 14.9 Å². The van der Waals surface area contributed by atoms with Gasteiger partial charge in [-0.05, 0) is 42.5 Å². The van der Waals surface area contributed by atoms with Crippen LogP contribution in [-0.4, -0.2) is 10.2 Å². The van der Waals surface area contributed by atoms with E-state index in [2.05, 4.69) is 16.3 Å². The van der Waals surface area contributed by atoms with Crippen LogP contribution < -0.4 is 10.5 Å². The summed E-state index contributed by atoms with van der Waals surface area (Å²) in [7, 11) is 0. The summed E-state index contributed by atoms with van der Waals surface area (Å²) in [4.78, 5) is 0. The predicted octanol–water partition coefficient (Wildman–Crippen LogP) is 2.29. The minimum Gasteiger partial charge on any atom is -0.484 e. The summed E-state index contributed by atoms with van der Waals surface area (Å²) in [5.74, 6) is 1.83. The second-order valence-corrected chi connectivity index (χ2v) is 4.86. The highest BCUT2D eigenvalue weighted by Crippen LogP contribution is 2.31. The molecule has 0 spiro atoms. The second kappa shape index (κ2) is 5.01. The highest BCUT2D eigenvalue weighted by molar-refractivity contribution is 5.39. The summed E-state index contributed by atoms with van der Waals surface area (Å²) >= 11 is 0. The first-order valence-electron chi connectivity index (χ1n) is 6.52. The Bertz CT molecular complexity index is 580. The molecule has 0 aliphatic heterocycles. The monoisotopic (exact) mass is 259 g/mol. The highest BCUT2D eigenvalue weighted by Gasteiger charge is 2.17. The van der Waals surface area contributed by atoms with Crippen molar-refractivity contribution in [1.29, 1.82) is 0 Å². The third kappa shape index (κ3) is 2.61. The molecule has 1 aromatic heterocycles. The van der Waals surface area contributed by atoms with Crippen molar-refractivity contribution in [3.05, 3.63) is 41.1 Å². The lowest BCUT2D eigenvalue weighted by atomic mass is 9.88. The van der Waals surface area contributed by atoms with Crippen LogP contribution in [0.3, 0.4) is 0 Å². The minimum atomic E-state index is 0.123. The number of hydrogen-bond donors (Lipinski definition) is 1. The Morgan fingerprint density at radius 1 is 1.42 bits per heavy atom. The first-order chi connectivity index (χ1) is 9.22. The van der Waals surface area contributed by atoms with E-state index in [-0.39, 0.29) is 12.6 Å². The van der Waals surface area contributed by atoms with E-state index in [4.69, 9.17) is 14.9 Å². The van der Waals surface area contributed by atoms with Gasteiger partial charge in [0.15, 0.2) is 6.61 Å². The van der Waals surface area contributed by atoms with Crippen molar-refractivity contribution in [2.45, 2.75) is 38.8 Å². The maximum Gasteiger partial charge on any atom is 0.253 e. The number of nitrogens with two attached hydrogens (primary N) is 1. The van der Waals surface area contributed by atoms with E-state index in [0.29, 0.717) is 11.8 Å². The molecule has 19 heavy (non-hydrogen) atoms. The normalized spacial score (nSPS) is 18.1. The third-order valence-electron chi connectivity index (χ3n) is 3.41. The molecule has 0 bridgehead atoms. The Morgan fingerprint density at radius 3 is 3.11 bits per heavy atom. The molecular formula is C14H17N3O2. The SMILES string of the molecule is Cc1nnc(COc2ccc3c(c2)[C@@H](N)CCC3)o1. The average Bonchev–Trinajstić information content (AvgIpc) is 2.83. The van der Waals surface area contributed by atoms with Crippen LogP contribution in [0.5, 0.6) is 5.75 Å². The molecule has 3 rings (SSSR count). The van der Waals surface area contributed by atoms with Crippen molar-refractivity contribution in [3.8, 4) is 5.75 Å². The fourth-order valence-corrected chi connectivity index (χ4v) is 2.44. The number of rotatable bonds is 3. The van der Waals surface area contributed by atoms with Crippen LogP contribution in [0.25, 0.3) is 0 Å². The number of hydrogen-bond acceptors (Lipinski definition) is 5. The fraction of sp³-hybridized carbons (Fsp3) is 0.429. The Balaban J connectivity index is 1.73. The van der Waals surface area contributed by atoms with Crippen LogP contribution in [0.15, 0.2) is 22.6 Å². The summed E-state index contributed by atoms with van der Waals surface area (Å²) < 4.78 is 10.9. The Hall–Kier alpha value is -1.88. The number of benzene rings is 1. The average molecular weight is 259 g/mol. The summed E-state index contributed by atoms with van der Waals surface area (Å²) in [5, 5.41) is 7.66. The summed E-state index contributed by atoms with van der Waals surface area (Å²) in [6.07, 6.45) is 3.31. The molecule has 2 aromatic rings. The summed E-state index contributed by atoms with van der Waals surface area (Å²) in [5.41, 5.74) is 8.66. The van der Waals surface area contributed by atoms with Gasteiger partial charge in [0, 0.05) is 13.0 Å². The molecule has 0 unspecified atom stereocenters. The van der Waals surface area contributed by atoms with E-state index in [1.807, 2.05) is 12.1 Å². The lowest BCUT2D eigenvalue weighted by Gasteiger charge is -2.22. The van der Waals surface area contributed by atoms with Gasteiger partial charge in [0.2, 0.25) is 5.89 Å². The lowest BCUT2D eigenvalue weighted by molar-refractivity contribution is 0.260. The van der Waals surface area contributed by atoms with Crippen molar-refractivity contribution in [2.24, 2.45) is 5.73 Å². The van der Waals surface area contributed by atoms with E-state index in [1.54, 1.807) is 6.92 Å². The highest BCUT2D eigenvalue weighted by atomic mass is 16.5. The van der Waals surface area contributed by atoms with Gasteiger partial charge in [-0.2, -0.15) is 0 Å². The zero-order chi connectivity index (χ0) is 13.2. The Kier molecular flexibility index (Phi) is 3.21. The smallest absolute Gasteiger partial charge is 0.253 e. The molecule has 5 nitrogen and oxygen atoms in total. The minimum absolute atomic E-state index is 0.123. The Labute approximate surface area is 111 Å². The first kappa shape index (κ1) is 12.2. The van der Waals surface area contributed by atoms with Crippen LogP contribution in [0.2, 0.25) is 0 Å². The number of aryl methyl sites for hydroxylation is 2. The molecule has 2 N–H and O–H groups in total. The lowest BCUT2D eigenvalue weighted by Crippen LogP contribution is -2.17. The van der Waals surface area contributed by atoms with Gasteiger partial charge in [-0.1, -0.05) is 6.07 Å². The molecule has 1 aliphatic carbocycles. The maximum atomic E-state index is 6.13. The fourth-order valence-electron chi connectivity index (χ4n) is 2.44. The predicted molar refractivity (Wildman–Crippen MR) is 69.7 cm³/mol. The topological polar surface area (TPSA) is 74.2 Å². The second-order valence-electron chi connectivity index (χ2n) is 4.86. The molecule has 0 saturated carbocycles. The summed E-state index contributed by atoms with van der Waals surface area (Å²) in [6.45, 7) is 2.04. The molecule has 0 fully saturated rings. The molecule has 1 atom stereocenters. The van der Waals surface area contributed by atoms with E-state index in [1.165, 1.54) is 11.1 Å². The van der Waals surface area contributed by atoms with Gasteiger partial charge in [0.25, 0.3) is 5.89 Å². The molecule has 5 heteroatoms. The van der Waals surface area contributed by atoms with Crippen molar-refractivity contribution in [1.82, 2.24) is 10.2 Å². The van der Waals surface area contributed by atoms with Gasteiger partial charge >= 0.3 is 0 Å². The zero-order valence-corrected chi connectivity index (χ0v) is 10.9. The molecule has 100 valence electrons. The van der Waals surface area contributed by atoms with Crippen LogP contribution in [-0.2, 0) is 13.0 Å². The first-order valence-corrected chi connectivity index (χ1v) is 6.52. The number of aromatic nitrogens is 2. The van der Waals surface area contributed by atoms with Gasteiger partial charge in [0.1, 0.15) is 5.75 Å². The number of nitrogens with zero attached hydrogens (tertiary/aromatic N) is 2. The number of fused-ring (bicyclic) bond motifs is 1. The van der Waals surface area contributed by atoms with Crippen LogP contribution in [0.1, 0.15) is 41.8 Å². The van der Waals surface area contributed by atoms with Crippen LogP contribution >= 0.6 is 0 Å². The zero-order valence-electron chi connectivity index (χ0n) is 10.9. The van der Waals surface area contributed by atoms with E-state index >= 15 is 0 Å². The molecule has 1 aliphatic rings. The van der Waals surface area contributed by atoms with Crippen LogP contribution in [0.4, 0.5) is 0 Å². The van der Waals surface area contributed by atoms with Crippen molar-refractivity contribution in [3.63, 3.8) is 0 Å². The quantitative estimate of drug-likeness (QED) is 0.915. The van der Waals surface area contributed by atoms with Crippen molar-refractivity contribution in [2.75, 3.05) is 0 Å². The molecule has 0 saturated heterocycles. The molecule has 1 aromatic carbocycles. The van der Waals surface area contributed by atoms with Crippen LogP contribution in [0, 0.1) is 6.92 Å². The number of ether oxygens (including phenoxy) is 1. The van der Waals surface area contributed by atoms with Gasteiger partial charge in [-0.25, -0.2) is 0 Å². The van der Waals surface area contributed by atoms with Gasteiger partial charge in [0.05, 0.1) is 0 Å². The van der Waals surface area contributed by atoms with E-state index in [0.717, 1.165) is 25.0 Å². The standard InChI is InChI=1S/C14H17N3O2/c1-9-16-17-14(19-9)8-18-11-6-5-10-3-2-4-13(15)12(10)7-11/h5-7,13H,2-4,8,15H2,1H3/t13-/m0/s1. The third-order valence-corrected chi connectivity index (χ3v) is 3.41. The van der Waals surface area contributed by atoms with Gasteiger partial charge in [-0.15, -0.1) is 10.2 Å². The van der Waals surface area contributed by atoms with E-state index < -0.39 is 0 Å².